The van der Waals surface area contributed by atoms with E-state index in [2.05, 4.69) is 0 Å². The van der Waals surface area contributed by atoms with Gasteiger partial charge in [-0.05, 0) is 47.9 Å². The van der Waals surface area contributed by atoms with Crippen LogP contribution >= 0.6 is 0 Å². The molecule has 1 amide bonds. The Bertz CT molecular complexity index is 751. The summed E-state index contributed by atoms with van der Waals surface area (Å²) in [5, 5.41) is 10.3. The van der Waals surface area contributed by atoms with Crippen LogP contribution in [0.5, 0.6) is 11.5 Å². The van der Waals surface area contributed by atoms with Gasteiger partial charge in [-0.15, -0.1) is 0 Å². The highest BCUT2D eigenvalue weighted by Crippen LogP contribution is 2.20. The Labute approximate surface area is 154 Å². The number of ether oxygens (including phenoxy) is 2. The highest BCUT2D eigenvalue weighted by atomic mass is 16.5. The van der Waals surface area contributed by atoms with Crippen LogP contribution in [0.15, 0.2) is 54.6 Å². The monoisotopic (exact) mass is 355 g/mol. The summed E-state index contributed by atoms with van der Waals surface area (Å²) in [7, 11) is 4.88. The number of carbonyl (C=O) groups is 1. The molecule has 0 aliphatic heterocycles. The lowest BCUT2D eigenvalue weighted by Crippen LogP contribution is -2.29. The molecule has 2 aromatic rings. The highest BCUT2D eigenvalue weighted by Gasteiger charge is 2.14. The van der Waals surface area contributed by atoms with E-state index in [0.717, 1.165) is 28.2 Å². The van der Waals surface area contributed by atoms with Crippen molar-refractivity contribution in [3.05, 3.63) is 65.7 Å². The molecule has 0 bridgehead atoms. The van der Waals surface area contributed by atoms with Gasteiger partial charge in [0, 0.05) is 13.1 Å². The summed E-state index contributed by atoms with van der Waals surface area (Å²) in [6.45, 7) is 2.09. The van der Waals surface area contributed by atoms with Crippen LogP contribution in [0.4, 0.5) is 0 Å². The van der Waals surface area contributed by atoms with E-state index in [1.807, 2.05) is 31.2 Å². The second kappa shape index (κ2) is 9.06. The average Bonchev–Trinajstić information content (AvgIpc) is 2.67. The Morgan fingerprint density at radius 3 is 2.04 bits per heavy atom. The molecule has 1 atom stereocenters. The Balaban J connectivity index is 2.00. The predicted octanol–water partition coefficient (Wildman–Crippen LogP) is 3.30. The van der Waals surface area contributed by atoms with E-state index in [9.17, 15) is 9.90 Å². The first-order valence-corrected chi connectivity index (χ1v) is 8.34. The summed E-state index contributed by atoms with van der Waals surface area (Å²) in [6, 6.07) is 14.7. The van der Waals surface area contributed by atoms with Crippen LogP contribution in [0, 0.1) is 0 Å². The van der Waals surface area contributed by atoms with E-state index in [1.54, 1.807) is 51.6 Å². The van der Waals surface area contributed by atoms with Crippen LogP contribution in [-0.2, 0) is 4.79 Å². The summed E-state index contributed by atoms with van der Waals surface area (Å²) in [5.74, 6) is 1.34. The normalized spacial score (nSPS) is 12.4. The topological polar surface area (TPSA) is 59.0 Å². The number of carbonyl (C=O) groups excluding carboxylic acids is 1. The maximum absolute atomic E-state index is 12.4. The first kappa shape index (κ1) is 19.5. The fourth-order valence-electron chi connectivity index (χ4n) is 2.51. The van der Waals surface area contributed by atoms with Gasteiger partial charge in [-0.25, -0.2) is 0 Å². The summed E-state index contributed by atoms with van der Waals surface area (Å²) in [4.78, 5) is 13.9. The number of nitrogens with zero attached hydrogens (tertiary/aromatic N) is 1. The van der Waals surface area contributed by atoms with Crippen molar-refractivity contribution < 1.29 is 19.4 Å². The minimum atomic E-state index is -0.760. The number of aliphatic hydroxyl groups excluding tert-OH is 1. The molecule has 0 aliphatic carbocycles. The fourth-order valence-corrected chi connectivity index (χ4v) is 2.51. The molecule has 5 heteroatoms. The van der Waals surface area contributed by atoms with E-state index in [0.29, 0.717) is 0 Å². The van der Waals surface area contributed by atoms with Gasteiger partial charge in [0.15, 0.2) is 0 Å². The molecule has 0 fully saturated rings. The van der Waals surface area contributed by atoms with E-state index in [4.69, 9.17) is 9.47 Å². The maximum atomic E-state index is 12.4. The lowest BCUT2D eigenvalue weighted by molar-refractivity contribution is -0.126. The second-order valence-electron chi connectivity index (χ2n) is 6.06. The van der Waals surface area contributed by atoms with Gasteiger partial charge in [0.2, 0.25) is 5.91 Å². The third-order valence-corrected chi connectivity index (χ3v) is 4.21. The van der Waals surface area contributed by atoms with Gasteiger partial charge < -0.3 is 19.5 Å². The standard InChI is InChI=1S/C21H25NO4/c1-15(16-5-9-18(25-3)10-6-16)13-21(24)22(2)14-20(23)17-7-11-19(26-4)12-8-17/h5-13,20,23H,14H2,1-4H3/b15-13+. The molecule has 0 aliphatic rings. The highest BCUT2D eigenvalue weighted by molar-refractivity contribution is 5.94. The largest absolute Gasteiger partial charge is 0.497 e. The van der Waals surface area contributed by atoms with Crippen LogP contribution in [0.3, 0.4) is 0 Å². The molecule has 138 valence electrons. The number of amides is 1. The lowest BCUT2D eigenvalue weighted by atomic mass is 10.1. The van der Waals surface area contributed by atoms with Gasteiger partial charge in [0.1, 0.15) is 11.5 Å². The zero-order valence-corrected chi connectivity index (χ0v) is 15.6. The van der Waals surface area contributed by atoms with Gasteiger partial charge in [-0.1, -0.05) is 24.3 Å². The summed E-state index contributed by atoms with van der Waals surface area (Å²) >= 11 is 0. The Hall–Kier alpha value is -2.79. The molecule has 1 N–H and O–H groups in total. The van der Waals surface area contributed by atoms with E-state index in [1.165, 1.54) is 4.90 Å². The number of hydrogen-bond acceptors (Lipinski definition) is 4. The molecule has 2 rings (SSSR count). The molecule has 0 aromatic heterocycles. The van der Waals surface area contributed by atoms with Gasteiger partial charge in [0.05, 0.1) is 26.9 Å². The second-order valence-corrected chi connectivity index (χ2v) is 6.06. The number of benzene rings is 2. The Morgan fingerprint density at radius 2 is 1.54 bits per heavy atom. The van der Waals surface area contributed by atoms with Crippen molar-refractivity contribution in [3.8, 4) is 11.5 Å². The van der Waals surface area contributed by atoms with Crippen LogP contribution in [0.1, 0.15) is 24.2 Å². The molecular weight excluding hydrogens is 330 g/mol. The van der Waals surface area contributed by atoms with Crippen LogP contribution in [-0.4, -0.2) is 43.7 Å². The Kier molecular flexibility index (Phi) is 6.81. The van der Waals surface area contributed by atoms with E-state index >= 15 is 0 Å². The number of methoxy groups -OCH3 is 2. The molecule has 0 saturated heterocycles. The van der Waals surface area contributed by atoms with Gasteiger partial charge in [0.25, 0.3) is 0 Å². The van der Waals surface area contributed by atoms with Crippen molar-refractivity contribution in [1.82, 2.24) is 4.90 Å². The van der Waals surface area contributed by atoms with Gasteiger partial charge in [-0.3, -0.25) is 4.79 Å². The molecule has 0 heterocycles. The van der Waals surface area contributed by atoms with Crippen molar-refractivity contribution in [3.63, 3.8) is 0 Å². The maximum Gasteiger partial charge on any atom is 0.246 e. The van der Waals surface area contributed by atoms with Crippen molar-refractivity contribution in [1.29, 1.82) is 0 Å². The van der Waals surface area contributed by atoms with Crippen molar-refractivity contribution in [2.75, 3.05) is 27.8 Å². The van der Waals surface area contributed by atoms with Gasteiger partial charge in [-0.2, -0.15) is 0 Å². The number of likely N-dealkylation sites (N-methyl/N-ethyl adjacent to an activating group) is 1. The zero-order valence-electron chi connectivity index (χ0n) is 15.6. The third kappa shape index (κ3) is 5.10. The molecule has 26 heavy (non-hydrogen) atoms. The number of aliphatic hydroxyl groups is 1. The molecule has 0 saturated carbocycles. The Morgan fingerprint density at radius 1 is 1.04 bits per heavy atom. The minimum Gasteiger partial charge on any atom is -0.497 e. The molecule has 2 aromatic carbocycles. The molecule has 0 radical (unpaired) electrons. The minimum absolute atomic E-state index is 0.161. The van der Waals surface area contributed by atoms with Gasteiger partial charge >= 0.3 is 0 Å². The molecule has 0 spiro atoms. The predicted molar refractivity (Wildman–Crippen MR) is 102 cm³/mol. The number of rotatable bonds is 7. The summed E-state index contributed by atoms with van der Waals surface area (Å²) in [6.07, 6.45) is 0.812. The van der Waals surface area contributed by atoms with Crippen LogP contribution in [0.25, 0.3) is 5.57 Å². The van der Waals surface area contributed by atoms with Crippen molar-refractivity contribution in [2.45, 2.75) is 13.0 Å². The smallest absolute Gasteiger partial charge is 0.246 e. The first-order chi connectivity index (χ1) is 12.4. The average molecular weight is 355 g/mol. The summed E-state index contributed by atoms with van der Waals surface area (Å²) in [5.41, 5.74) is 2.54. The van der Waals surface area contributed by atoms with Crippen LogP contribution < -0.4 is 9.47 Å². The first-order valence-electron chi connectivity index (χ1n) is 8.34. The number of hydrogen-bond donors (Lipinski definition) is 1. The number of allylic oxidation sites excluding steroid dienone is 1. The van der Waals surface area contributed by atoms with Crippen molar-refractivity contribution in [2.24, 2.45) is 0 Å². The molecule has 1 unspecified atom stereocenters. The molecular formula is C21H25NO4. The SMILES string of the molecule is COc1ccc(/C(C)=C/C(=O)N(C)CC(O)c2ccc(OC)cc2)cc1. The lowest BCUT2D eigenvalue weighted by Gasteiger charge is -2.20. The zero-order chi connectivity index (χ0) is 19.1. The summed E-state index contributed by atoms with van der Waals surface area (Å²) < 4.78 is 10.2. The quantitative estimate of drug-likeness (QED) is 0.774. The van der Waals surface area contributed by atoms with E-state index < -0.39 is 6.10 Å². The molecule has 5 nitrogen and oxygen atoms in total. The fraction of sp³-hybridized carbons (Fsp3) is 0.286. The van der Waals surface area contributed by atoms with Crippen LogP contribution in [0.2, 0.25) is 0 Å². The van der Waals surface area contributed by atoms with Crippen molar-refractivity contribution >= 4 is 11.5 Å². The van der Waals surface area contributed by atoms with E-state index in [-0.39, 0.29) is 12.5 Å². The third-order valence-electron chi connectivity index (χ3n) is 4.21.